The van der Waals surface area contributed by atoms with Crippen molar-refractivity contribution in [2.75, 3.05) is 0 Å². The maximum atomic E-state index is 12.4. The average Bonchev–Trinajstić information content (AvgIpc) is 2.40. The molecule has 1 radical (unpaired) electrons. The molecule has 23 heavy (non-hydrogen) atoms. The Balaban J connectivity index is 0.00000242. The summed E-state index contributed by atoms with van der Waals surface area (Å²) in [5.74, 6) is -1.36. The summed E-state index contributed by atoms with van der Waals surface area (Å²) in [5.41, 5.74) is 0. The Morgan fingerprint density at radius 2 is 0.913 bits per heavy atom. The first kappa shape index (κ1) is 24.1. The van der Waals surface area contributed by atoms with Crippen LogP contribution in [0.15, 0.2) is 34.1 Å². The van der Waals surface area contributed by atoms with Crippen LogP contribution in [-0.2, 0) is 9.84 Å². The summed E-state index contributed by atoms with van der Waals surface area (Å²) in [6, 6.07) is 3.88. The Labute approximate surface area is 197 Å². The number of benzene rings is 2. The molecule has 0 bridgehead atoms. The number of hydrogen-bond donors (Lipinski definition) is 0. The van der Waals surface area contributed by atoms with Crippen molar-refractivity contribution in [1.82, 2.24) is 0 Å². The van der Waals surface area contributed by atoms with Gasteiger partial charge in [0.15, 0.2) is 0 Å². The first-order valence-corrected chi connectivity index (χ1v) is 8.21. The molecular formula is C12H4Cl4Na2O4S-. The molecule has 0 unspecified atom stereocenters. The van der Waals surface area contributed by atoms with Crippen molar-refractivity contribution in [2.45, 2.75) is 9.79 Å². The summed E-state index contributed by atoms with van der Waals surface area (Å²) >= 11 is 22.5. The van der Waals surface area contributed by atoms with Crippen LogP contribution in [0.2, 0.25) is 20.1 Å². The molecule has 0 saturated carbocycles. The third-order valence-corrected chi connectivity index (χ3v) is 5.40. The molecule has 0 heterocycles. The standard InChI is InChI=1S/C12H6Cl4O4S.2Na/c13-7-1-5(2-8(14)11(7)17)21(19,20)6-3-9(15)12(18)10(16)4-6;;/h1-4,17-18H;;/q;;+1/p-2. The van der Waals surface area contributed by atoms with Gasteiger partial charge in [-0.3, -0.25) is 0 Å². The molecule has 0 aliphatic heterocycles. The maximum Gasteiger partial charge on any atom is 1.00 e. The van der Waals surface area contributed by atoms with E-state index in [0.29, 0.717) is 0 Å². The van der Waals surface area contributed by atoms with Crippen LogP contribution in [0.3, 0.4) is 0 Å². The van der Waals surface area contributed by atoms with Crippen LogP contribution in [-0.4, -0.2) is 38.0 Å². The van der Waals surface area contributed by atoms with E-state index < -0.39 is 21.3 Å². The predicted octanol–water partition coefficient (Wildman–Crippen LogP) is -0.0966. The van der Waals surface area contributed by atoms with Crippen LogP contribution in [0, 0.1) is 0 Å². The number of sulfone groups is 1. The van der Waals surface area contributed by atoms with Gasteiger partial charge in [-0.25, -0.2) is 8.42 Å². The van der Waals surface area contributed by atoms with E-state index in [9.17, 15) is 18.6 Å². The summed E-state index contributed by atoms with van der Waals surface area (Å²) in [4.78, 5) is -0.606. The van der Waals surface area contributed by atoms with Crippen LogP contribution in [0.5, 0.6) is 11.5 Å². The third kappa shape index (κ3) is 5.08. The van der Waals surface area contributed by atoms with Gasteiger partial charge in [-0.2, -0.15) is 0 Å². The van der Waals surface area contributed by atoms with Crippen LogP contribution < -0.4 is 39.8 Å². The predicted molar refractivity (Wildman–Crippen MR) is 83.0 cm³/mol. The van der Waals surface area contributed by atoms with E-state index in [1.54, 1.807) is 0 Å². The van der Waals surface area contributed by atoms with Crippen molar-refractivity contribution in [3.05, 3.63) is 44.4 Å². The molecule has 0 aliphatic carbocycles. The number of hydrogen-bond acceptors (Lipinski definition) is 4. The van der Waals surface area contributed by atoms with Crippen LogP contribution in [0.25, 0.3) is 0 Å². The van der Waals surface area contributed by atoms with Gasteiger partial charge in [0.2, 0.25) is 9.84 Å². The fourth-order valence-corrected chi connectivity index (χ4v) is 4.12. The second-order valence-corrected chi connectivity index (χ2v) is 7.51. The molecule has 11 heteroatoms. The molecule has 0 aromatic heterocycles. The molecule has 0 atom stereocenters. The molecule has 2 aromatic carbocycles. The van der Waals surface area contributed by atoms with Crippen molar-refractivity contribution in [1.29, 1.82) is 0 Å². The second-order valence-electron chi connectivity index (χ2n) is 3.94. The first-order valence-electron chi connectivity index (χ1n) is 5.22. The summed E-state index contributed by atoms with van der Waals surface area (Å²) in [5, 5.41) is 21.5. The zero-order chi connectivity index (χ0) is 15.9. The minimum absolute atomic E-state index is 0. The smallest absolute Gasteiger partial charge is 0.870 e. The molecule has 0 saturated heterocycles. The first-order chi connectivity index (χ1) is 9.64. The molecular weight excluding hydrogens is 428 g/mol. The van der Waals surface area contributed by atoms with E-state index in [1.807, 2.05) is 0 Å². The van der Waals surface area contributed by atoms with Gasteiger partial charge in [0.25, 0.3) is 0 Å². The van der Waals surface area contributed by atoms with E-state index in [2.05, 4.69) is 0 Å². The third-order valence-electron chi connectivity index (χ3n) is 2.56. The van der Waals surface area contributed by atoms with Crippen LogP contribution in [0.4, 0.5) is 0 Å². The Morgan fingerprint density at radius 1 is 0.696 bits per heavy atom. The zero-order valence-corrected chi connectivity index (χ0v) is 19.7. The van der Waals surface area contributed by atoms with Crippen molar-refractivity contribution in [3.63, 3.8) is 0 Å². The molecule has 4 nitrogen and oxygen atoms in total. The Bertz CT molecular complexity index is 733. The molecule has 0 fully saturated rings. The fraction of sp³-hybridized carbons (Fsp3) is 0. The molecule has 2 rings (SSSR count). The monoisotopic (exact) mass is 430 g/mol. The molecule has 113 valence electrons. The van der Waals surface area contributed by atoms with E-state index >= 15 is 0 Å². The molecule has 2 aromatic rings. The normalized spacial score (nSPS) is 10.6. The van der Waals surface area contributed by atoms with E-state index in [-0.39, 0.29) is 89.0 Å². The second kappa shape index (κ2) is 9.19. The minimum Gasteiger partial charge on any atom is -0.870 e. The summed E-state index contributed by atoms with van der Waals surface area (Å²) < 4.78 is 24.9. The molecule has 0 amide bonds. The molecule has 0 N–H and O–H groups in total. The van der Waals surface area contributed by atoms with Crippen molar-refractivity contribution >= 4 is 85.8 Å². The Hall–Kier alpha value is 1.15. The summed E-state index contributed by atoms with van der Waals surface area (Å²) in [6.07, 6.45) is 0. The van der Waals surface area contributed by atoms with Gasteiger partial charge < -0.3 is 10.2 Å². The van der Waals surface area contributed by atoms with Gasteiger partial charge in [-0.05, 0) is 24.3 Å². The van der Waals surface area contributed by atoms with Crippen molar-refractivity contribution in [2.24, 2.45) is 0 Å². The summed E-state index contributed by atoms with van der Waals surface area (Å²) in [7, 11) is -4.08. The van der Waals surface area contributed by atoms with E-state index in [4.69, 9.17) is 46.4 Å². The van der Waals surface area contributed by atoms with Gasteiger partial charge in [0.05, 0.1) is 9.79 Å². The fourth-order valence-electron chi connectivity index (χ4n) is 1.52. The van der Waals surface area contributed by atoms with Gasteiger partial charge in [-0.15, -0.1) is 0 Å². The quantitative estimate of drug-likeness (QED) is 0.622. The minimum atomic E-state index is -4.08. The maximum absolute atomic E-state index is 12.4. The Kier molecular flexibility index (Phi) is 9.65. The average molecular weight is 432 g/mol. The molecule has 0 aliphatic rings. The van der Waals surface area contributed by atoms with Crippen LogP contribution in [0.1, 0.15) is 0 Å². The van der Waals surface area contributed by atoms with Crippen LogP contribution >= 0.6 is 46.4 Å². The zero-order valence-electron chi connectivity index (χ0n) is 11.9. The van der Waals surface area contributed by atoms with Crippen molar-refractivity contribution in [3.8, 4) is 11.5 Å². The number of rotatable bonds is 2. The van der Waals surface area contributed by atoms with Crippen molar-refractivity contribution < 1.29 is 48.2 Å². The largest absolute Gasteiger partial charge is 1.00 e. The van der Waals surface area contributed by atoms with Gasteiger partial charge in [-0.1, -0.05) is 57.9 Å². The van der Waals surface area contributed by atoms with Gasteiger partial charge >= 0.3 is 29.6 Å². The number of halogens is 4. The van der Waals surface area contributed by atoms with Gasteiger partial charge in [0, 0.05) is 49.6 Å². The molecule has 0 spiro atoms. The van der Waals surface area contributed by atoms with E-state index in [0.717, 1.165) is 24.3 Å². The Morgan fingerprint density at radius 3 is 1.13 bits per heavy atom. The SMILES string of the molecule is O=S(=O)(c1cc(Cl)c([O-])c(Cl)c1)c1cc(Cl)c([O-])c(Cl)c1.[Na+].[Na]. The summed E-state index contributed by atoms with van der Waals surface area (Å²) in [6.45, 7) is 0. The topological polar surface area (TPSA) is 80.3 Å². The van der Waals surface area contributed by atoms with E-state index in [1.165, 1.54) is 0 Å². The van der Waals surface area contributed by atoms with Gasteiger partial charge in [0.1, 0.15) is 0 Å².